The summed E-state index contributed by atoms with van der Waals surface area (Å²) in [4.78, 5) is 4.56. The third-order valence-corrected chi connectivity index (χ3v) is 2.70. The van der Waals surface area contributed by atoms with Crippen LogP contribution in [0.5, 0.6) is 0 Å². The molecular formula is C13H18N4. The summed E-state index contributed by atoms with van der Waals surface area (Å²) in [6.45, 7) is 2.68. The van der Waals surface area contributed by atoms with Gasteiger partial charge >= 0.3 is 0 Å². The number of hydrogen-bond acceptors (Lipinski definition) is 3. The number of benzene rings is 1. The first kappa shape index (κ1) is 11.8. The van der Waals surface area contributed by atoms with Crippen LogP contribution in [-0.2, 0) is 20.0 Å². The normalized spacial score (nSPS) is 10.8. The summed E-state index contributed by atoms with van der Waals surface area (Å²) in [5, 5.41) is 4.41. The highest BCUT2D eigenvalue weighted by atomic mass is 15.3. The average molecular weight is 230 g/mol. The average Bonchev–Trinajstić information content (AvgIpc) is 2.71. The molecule has 2 rings (SSSR count). The van der Waals surface area contributed by atoms with E-state index in [9.17, 15) is 0 Å². The molecule has 0 radical (unpaired) electrons. The van der Waals surface area contributed by atoms with Crippen molar-refractivity contribution in [3.8, 4) is 11.4 Å². The molecule has 0 aliphatic carbocycles. The maximum absolute atomic E-state index is 5.64. The molecule has 0 saturated carbocycles. The van der Waals surface area contributed by atoms with Gasteiger partial charge in [0, 0.05) is 25.6 Å². The lowest BCUT2D eigenvalue weighted by Crippen LogP contribution is -1.98. The molecule has 90 valence electrons. The van der Waals surface area contributed by atoms with Crippen LogP contribution in [-0.4, -0.2) is 14.8 Å². The predicted octanol–water partition coefficient (Wildman–Crippen LogP) is 1.89. The van der Waals surface area contributed by atoms with Crippen molar-refractivity contribution in [1.29, 1.82) is 0 Å². The lowest BCUT2D eigenvalue weighted by Gasteiger charge is -2.02. The number of aryl methyl sites for hydroxylation is 2. The first-order valence-electron chi connectivity index (χ1n) is 5.94. The van der Waals surface area contributed by atoms with Gasteiger partial charge in [0.05, 0.1) is 0 Å². The maximum Gasteiger partial charge on any atom is 0.158 e. The second kappa shape index (κ2) is 5.10. The number of hydrogen-bond donors (Lipinski definition) is 1. The number of nitrogens with zero attached hydrogens (tertiary/aromatic N) is 3. The maximum atomic E-state index is 5.64. The van der Waals surface area contributed by atoms with Gasteiger partial charge in [-0.25, -0.2) is 9.67 Å². The van der Waals surface area contributed by atoms with Crippen LogP contribution >= 0.6 is 0 Å². The van der Waals surface area contributed by atoms with Crippen LogP contribution in [0.25, 0.3) is 11.4 Å². The highest BCUT2D eigenvalue weighted by Gasteiger charge is 2.08. The van der Waals surface area contributed by atoms with E-state index in [4.69, 9.17) is 5.73 Å². The predicted molar refractivity (Wildman–Crippen MR) is 68.3 cm³/mol. The van der Waals surface area contributed by atoms with Gasteiger partial charge in [-0.1, -0.05) is 25.1 Å². The van der Waals surface area contributed by atoms with Crippen LogP contribution in [0.15, 0.2) is 24.3 Å². The Bertz CT molecular complexity index is 502. The number of aromatic nitrogens is 3. The monoisotopic (exact) mass is 230 g/mol. The van der Waals surface area contributed by atoms with Gasteiger partial charge in [0.2, 0.25) is 0 Å². The Balaban J connectivity index is 2.37. The van der Waals surface area contributed by atoms with Gasteiger partial charge in [-0.15, -0.1) is 0 Å². The molecule has 1 heterocycles. The van der Waals surface area contributed by atoms with Crippen molar-refractivity contribution in [2.45, 2.75) is 26.3 Å². The molecule has 2 aromatic rings. The smallest absolute Gasteiger partial charge is 0.158 e. The number of nitrogens with two attached hydrogens (primary N) is 1. The Labute approximate surface area is 101 Å². The minimum atomic E-state index is 0.549. The molecule has 0 spiro atoms. The summed E-state index contributed by atoms with van der Waals surface area (Å²) in [6.07, 6.45) is 1.98. The molecule has 0 aliphatic heterocycles. The van der Waals surface area contributed by atoms with Gasteiger partial charge in [0.25, 0.3) is 0 Å². The Morgan fingerprint density at radius 3 is 2.88 bits per heavy atom. The third-order valence-electron chi connectivity index (χ3n) is 2.70. The molecule has 4 nitrogen and oxygen atoms in total. The fourth-order valence-electron chi connectivity index (χ4n) is 1.86. The van der Waals surface area contributed by atoms with E-state index in [1.807, 2.05) is 29.9 Å². The van der Waals surface area contributed by atoms with Gasteiger partial charge < -0.3 is 5.73 Å². The zero-order valence-electron chi connectivity index (χ0n) is 10.3. The molecule has 0 amide bonds. The molecule has 1 aromatic heterocycles. The fraction of sp³-hybridized carbons (Fsp3) is 0.385. The van der Waals surface area contributed by atoms with Gasteiger partial charge in [-0.3, -0.25) is 0 Å². The van der Waals surface area contributed by atoms with Gasteiger partial charge in [0.15, 0.2) is 11.6 Å². The quantitative estimate of drug-likeness (QED) is 0.872. The summed E-state index contributed by atoms with van der Waals surface area (Å²) in [5.41, 5.74) is 7.83. The molecule has 0 aliphatic rings. The molecule has 1 aromatic carbocycles. The van der Waals surface area contributed by atoms with E-state index < -0.39 is 0 Å². The largest absolute Gasteiger partial charge is 0.326 e. The summed E-state index contributed by atoms with van der Waals surface area (Å²) < 4.78 is 1.83. The van der Waals surface area contributed by atoms with Crippen LogP contribution in [0.1, 0.15) is 24.7 Å². The zero-order valence-corrected chi connectivity index (χ0v) is 10.3. The van der Waals surface area contributed by atoms with Crippen molar-refractivity contribution in [2.75, 3.05) is 0 Å². The van der Waals surface area contributed by atoms with Gasteiger partial charge in [0.1, 0.15) is 0 Å². The van der Waals surface area contributed by atoms with Gasteiger partial charge in [-0.2, -0.15) is 5.10 Å². The van der Waals surface area contributed by atoms with Gasteiger partial charge in [-0.05, 0) is 18.1 Å². The standard InChI is InChI=1S/C13H18N4/c1-3-5-12-15-13(17(2)16-12)11-7-4-6-10(8-11)9-14/h4,6-8H,3,5,9,14H2,1-2H3. The van der Waals surface area contributed by atoms with Crippen molar-refractivity contribution in [3.05, 3.63) is 35.7 Å². The van der Waals surface area contributed by atoms with Crippen LogP contribution in [0.3, 0.4) is 0 Å². The van der Waals surface area contributed by atoms with E-state index in [1.54, 1.807) is 0 Å². The first-order chi connectivity index (χ1) is 8.24. The Kier molecular flexibility index (Phi) is 3.54. The Morgan fingerprint density at radius 1 is 1.35 bits per heavy atom. The molecule has 0 fully saturated rings. The van der Waals surface area contributed by atoms with Crippen molar-refractivity contribution in [2.24, 2.45) is 12.8 Å². The highest BCUT2D eigenvalue weighted by Crippen LogP contribution is 2.18. The third kappa shape index (κ3) is 2.53. The molecule has 0 saturated heterocycles. The zero-order chi connectivity index (χ0) is 12.3. The second-order valence-corrected chi connectivity index (χ2v) is 4.13. The molecule has 0 atom stereocenters. The lowest BCUT2D eigenvalue weighted by atomic mass is 10.1. The van der Waals surface area contributed by atoms with E-state index in [2.05, 4.69) is 23.1 Å². The SMILES string of the molecule is CCCc1nc(-c2cccc(CN)c2)n(C)n1. The van der Waals surface area contributed by atoms with Crippen LogP contribution < -0.4 is 5.73 Å². The first-order valence-corrected chi connectivity index (χ1v) is 5.94. The summed E-state index contributed by atoms with van der Waals surface area (Å²) in [5.74, 6) is 1.81. The molecule has 0 bridgehead atoms. The molecule has 2 N–H and O–H groups in total. The summed E-state index contributed by atoms with van der Waals surface area (Å²) in [6, 6.07) is 8.14. The minimum Gasteiger partial charge on any atom is -0.326 e. The summed E-state index contributed by atoms with van der Waals surface area (Å²) >= 11 is 0. The van der Waals surface area contributed by atoms with E-state index in [-0.39, 0.29) is 0 Å². The van der Waals surface area contributed by atoms with Crippen LogP contribution in [0, 0.1) is 0 Å². The molecule has 0 unspecified atom stereocenters. The fourth-order valence-corrected chi connectivity index (χ4v) is 1.86. The van der Waals surface area contributed by atoms with E-state index in [0.717, 1.165) is 35.6 Å². The van der Waals surface area contributed by atoms with Crippen molar-refractivity contribution in [1.82, 2.24) is 14.8 Å². The minimum absolute atomic E-state index is 0.549. The van der Waals surface area contributed by atoms with Crippen molar-refractivity contribution >= 4 is 0 Å². The van der Waals surface area contributed by atoms with Crippen molar-refractivity contribution in [3.63, 3.8) is 0 Å². The molecular weight excluding hydrogens is 212 g/mol. The number of rotatable bonds is 4. The van der Waals surface area contributed by atoms with E-state index in [1.165, 1.54) is 0 Å². The Morgan fingerprint density at radius 2 is 2.18 bits per heavy atom. The second-order valence-electron chi connectivity index (χ2n) is 4.13. The molecule has 4 heteroatoms. The van der Waals surface area contributed by atoms with E-state index in [0.29, 0.717) is 6.54 Å². The lowest BCUT2D eigenvalue weighted by molar-refractivity contribution is 0.737. The summed E-state index contributed by atoms with van der Waals surface area (Å²) in [7, 11) is 1.93. The van der Waals surface area contributed by atoms with Crippen LogP contribution in [0.2, 0.25) is 0 Å². The van der Waals surface area contributed by atoms with E-state index >= 15 is 0 Å². The Hall–Kier alpha value is -1.68. The topological polar surface area (TPSA) is 56.7 Å². The highest BCUT2D eigenvalue weighted by molar-refractivity contribution is 5.56. The van der Waals surface area contributed by atoms with Crippen LogP contribution in [0.4, 0.5) is 0 Å². The van der Waals surface area contributed by atoms with Crippen molar-refractivity contribution < 1.29 is 0 Å². The molecule has 17 heavy (non-hydrogen) atoms.